The van der Waals surface area contributed by atoms with E-state index in [1.54, 1.807) is 5.57 Å². The Morgan fingerprint density at radius 1 is 0.895 bits per heavy atom. The third-order valence-corrected chi connectivity index (χ3v) is 4.50. The Kier molecular flexibility index (Phi) is 2.55. The van der Waals surface area contributed by atoms with E-state index in [0.717, 1.165) is 0 Å². The van der Waals surface area contributed by atoms with Crippen LogP contribution in [0, 0.1) is 5.92 Å². The highest BCUT2D eigenvalue weighted by atomic mass is 14.4. The summed E-state index contributed by atoms with van der Waals surface area (Å²) in [6.45, 7) is 0. The van der Waals surface area contributed by atoms with E-state index < -0.39 is 0 Å². The summed E-state index contributed by atoms with van der Waals surface area (Å²) >= 11 is 0. The third kappa shape index (κ3) is 1.67. The molecule has 4 aliphatic carbocycles. The molecule has 0 heteroatoms. The van der Waals surface area contributed by atoms with Crippen LogP contribution in [0.5, 0.6) is 0 Å². The van der Waals surface area contributed by atoms with Crippen molar-refractivity contribution in [1.82, 2.24) is 0 Å². The van der Waals surface area contributed by atoms with Gasteiger partial charge in [-0.25, -0.2) is 0 Å². The number of hydrogen-bond acceptors (Lipinski definition) is 0. The van der Waals surface area contributed by atoms with Crippen LogP contribution in [0.1, 0.15) is 25.7 Å². The molecule has 0 N–H and O–H groups in total. The summed E-state index contributed by atoms with van der Waals surface area (Å²) in [6.07, 6.45) is 25.6. The Labute approximate surface area is 114 Å². The lowest BCUT2D eigenvalue weighted by molar-refractivity contribution is 0.705. The van der Waals surface area contributed by atoms with Gasteiger partial charge in [-0.05, 0) is 48.0 Å². The van der Waals surface area contributed by atoms with Crippen LogP contribution in [0.4, 0.5) is 0 Å². The zero-order chi connectivity index (χ0) is 12.7. The molecule has 19 heavy (non-hydrogen) atoms. The van der Waals surface area contributed by atoms with Crippen molar-refractivity contribution < 1.29 is 0 Å². The molecule has 0 saturated carbocycles. The second kappa shape index (κ2) is 4.38. The summed E-state index contributed by atoms with van der Waals surface area (Å²) in [6, 6.07) is 0. The molecule has 94 valence electrons. The van der Waals surface area contributed by atoms with E-state index in [4.69, 9.17) is 0 Å². The normalized spacial score (nSPS) is 27.8. The van der Waals surface area contributed by atoms with Crippen molar-refractivity contribution in [2.45, 2.75) is 25.7 Å². The molecular weight excluding hydrogens is 228 g/mol. The largest absolute Gasteiger partial charge is 0.0839 e. The zero-order valence-corrected chi connectivity index (χ0v) is 11.1. The van der Waals surface area contributed by atoms with Crippen LogP contribution in [0.2, 0.25) is 0 Å². The molecule has 0 aromatic rings. The summed E-state index contributed by atoms with van der Waals surface area (Å²) < 4.78 is 0. The standard InChI is InChI=1S/C19H18/c1-2-6-10-16-15(9-5-1)17-11-7-3-4-8-14-12-13-18(16)19(14)17/h3-5,7-9,11-13,18H,1-2,6,10H2. The Morgan fingerprint density at radius 3 is 2.89 bits per heavy atom. The van der Waals surface area contributed by atoms with Gasteiger partial charge in [0, 0.05) is 5.92 Å². The lowest BCUT2D eigenvalue weighted by Gasteiger charge is -2.13. The van der Waals surface area contributed by atoms with Gasteiger partial charge in [-0.3, -0.25) is 0 Å². The van der Waals surface area contributed by atoms with E-state index in [1.165, 1.54) is 48.0 Å². The molecule has 4 rings (SSSR count). The van der Waals surface area contributed by atoms with E-state index in [2.05, 4.69) is 54.7 Å². The summed E-state index contributed by atoms with van der Waals surface area (Å²) in [5.74, 6) is 0.551. The topological polar surface area (TPSA) is 0 Å². The predicted octanol–water partition coefficient (Wildman–Crippen LogP) is 4.96. The van der Waals surface area contributed by atoms with E-state index in [-0.39, 0.29) is 0 Å². The minimum atomic E-state index is 0.551. The predicted molar refractivity (Wildman–Crippen MR) is 80.7 cm³/mol. The van der Waals surface area contributed by atoms with Crippen molar-refractivity contribution >= 4 is 0 Å². The number of rotatable bonds is 0. The molecule has 0 aromatic carbocycles. The number of hydrogen-bond donors (Lipinski definition) is 0. The summed E-state index contributed by atoms with van der Waals surface area (Å²) in [7, 11) is 0. The van der Waals surface area contributed by atoms with Crippen molar-refractivity contribution in [3.8, 4) is 0 Å². The fourth-order valence-corrected chi connectivity index (χ4v) is 3.63. The molecule has 0 aromatic heterocycles. The molecule has 0 amide bonds. The molecule has 0 nitrogen and oxygen atoms in total. The highest BCUT2D eigenvalue weighted by Crippen LogP contribution is 2.49. The van der Waals surface area contributed by atoms with Crippen molar-refractivity contribution in [2.75, 3.05) is 0 Å². The zero-order valence-electron chi connectivity index (χ0n) is 11.1. The molecule has 4 aliphatic rings. The highest BCUT2D eigenvalue weighted by Gasteiger charge is 2.34. The summed E-state index contributed by atoms with van der Waals surface area (Å²) in [5, 5.41) is 0. The van der Waals surface area contributed by atoms with Gasteiger partial charge in [-0.2, -0.15) is 0 Å². The Balaban J connectivity index is 1.90. The highest BCUT2D eigenvalue weighted by molar-refractivity contribution is 5.71. The molecule has 0 fully saturated rings. The van der Waals surface area contributed by atoms with Gasteiger partial charge < -0.3 is 0 Å². The average molecular weight is 246 g/mol. The second-order valence-electron chi connectivity index (χ2n) is 5.62. The molecule has 1 unspecified atom stereocenters. The molecule has 0 bridgehead atoms. The SMILES string of the molecule is C1=CC=C2C=CC3C4=C(C=CCCCC4)C(=C23)C=C1. The molecule has 0 aliphatic heterocycles. The molecule has 0 heterocycles. The molecule has 1 atom stereocenters. The van der Waals surface area contributed by atoms with E-state index in [9.17, 15) is 0 Å². The van der Waals surface area contributed by atoms with Gasteiger partial charge in [0.15, 0.2) is 0 Å². The summed E-state index contributed by atoms with van der Waals surface area (Å²) in [4.78, 5) is 0. The fraction of sp³-hybridized carbons (Fsp3) is 0.263. The van der Waals surface area contributed by atoms with Gasteiger partial charge >= 0.3 is 0 Å². The monoisotopic (exact) mass is 246 g/mol. The summed E-state index contributed by atoms with van der Waals surface area (Å²) in [5.41, 5.74) is 7.55. The molecular formula is C19H18. The first-order chi connectivity index (χ1) is 9.45. The van der Waals surface area contributed by atoms with Crippen LogP contribution in [0.3, 0.4) is 0 Å². The minimum absolute atomic E-state index is 0.551. The Hall–Kier alpha value is -1.82. The van der Waals surface area contributed by atoms with Gasteiger partial charge in [-0.15, -0.1) is 0 Å². The second-order valence-corrected chi connectivity index (χ2v) is 5.62. The average Bonchev–Trinajstić information content (AvgIpc) is 2.84. The van der Waals surface area contributed by atoms with Crippen molar-refractivity contribution in [1.29, 1.82) is 0 Å². The van der Waals surface area contributed by atoms with Crippen molar-refractivity contribution in [2.24, 2.45) is 5.92 Å². The molecule has 0 saturated heterocycles. The van der Waals surface area contributed by atoms with Crippen molar-refractivity contribution in [3.05, 3.63) is 82.5 Å². The van der Waals surface area contributed by atoms with Crippen LogP contribution < -0.4 is 0 Å². The van der Waals surface area contributed by atoms with Crippen molar-refractivity contribution in [3.63, 3.8) is 0 Å². The lowest BCUT2D eigenvalue weighted by Crippen LogP contribution is -1.99. The minimum Gasteiger partial charge on any atom is -0.0839 e. The number of allylic oxidation sites excluding steroid dienone is 14. The maximum absolute atomic E-state index is 2.39. The maximum atomic E-state index is 2.39. The lowest BCUT2D eigenvalue weighted by atomic mass is 9.91. The van der Waals surface area contributed by atoms with Crippen LogP contribution in [-0.2, 0) is 0 Å². The van der Waals surface area contributed by atoms with Gasteiger partial charge in [0.25, 0.3) is 0 Å². The Morgan fingerprint density at radius 2 is 1.89 bits per heavy atom. The van der Waals surface area contributed by atoms with Crippen LogP contribution in [0.15, 0.2) is 82.5 Å². The van der Waals surface area contributed by atoms with Crippen LogP contribution in [-0.4, -0.2) is 0 Å². The Bertz CT molecular complexity index is 627. The first kappa shape index (κ1) is 11.0. The third-order valence-electron chi connectivity index (χ3n) is 4.50. The quantitative estimate of drug-likeness (QED) is 0.566. The van der Waals surface area contributed by atoms with E-state index in [1.807, 2.05) is 0 Å². The van der Waals surface area contributed by atoms with Gasteiger partial charge in [0.05, 0.1) is 0 Å². The smallest absolute Gasteiger partial charge is 0.0252 e. The van der Waals surface area contributed by atoms with E-state index >= 15 is 0 Å². The number of fused-ring (bicyclic) bond motifs is 2. The van der Waals surface area contributed by atoms with Gasteiger partial charge in [-0.1, -0.05) is 60.3 Å². The van der Waals surface area contributed by atoms with Gasteiger partial charge in [0.2, 0.25) is 0 Å². The first-order valence-corrected chi connectivity index (χ1v) is 7.33. The fourth-order valence-electron chi connectivity index (χ4n) is 3.63. The molecule has 0 radical (unpaired) electrons. The van der Waals surface area contributed by atoms with Crippen LogP contribution >= 0.6 is 0 Å². The molecule has 0 spiro atoms. The van der Waals surface area contributed by atoms with E-state index in [0.29, 0.717) is 5.92 Å². The maximum Gasteiger partial charge on any atom is 0.0252 e. The first-order valence-electron chi connectivity index (χ1n) is 7.33. The van der Waals surface area contributed by atoms with Crippen LogP contribution in [0.25, 0.3) is 0 Å². The van der Waals surface area contributed by atoms with Gasteiger partial charge in [0.1, 0.15) is 0 Å².